The summed E-state index contributed by atoms with van der Waals surface area (Å²) in [5.74, 6) is -0.767. The Morgan fingerprint density at radius 1 is 1.47 bits per heavy atom. The maximum atomic E-state index is 11.3. The normalized spacial score (nSPS) is 9.60. The van der Waals surface area contributed by atoms with E-state index in [1.54, 1.807) is 6.92 Å². The zero-order valence-electron chi connectivity index (χ0n) is 9.45. The first-order valence-corrected chi connectivity index (χ1v) is 4.65. The molecule has 4 heteroatoms. The summed E-state index contributed by atoms with van der Waals surface area (Å²) < 4.78 is 4.87. The average molecular weight is 211 g/mol. The molecule has 0 saturated heterocycles. The van der Waals surface area contributed by atoms with E-state index in [0.29, 0.717) is 5.57 Å². The van der Waals surface area contributed by atoms with Gasteiger partial charge in [0.25, 0.3) is 0 Å². The molecule has 0 radical (unpaired) electrons. The van der Waals surface area contributed by atoms with Crippen LogP contribution in [0.3, 0.4) is 0 Å². The van der Waals surface area contributed by atoms with Crippen LogP contribution in [0.2, 0.25) is 0 Å². The minimum atomic E-state index is -0.502. The number of hydrogen-bond donors (Lipinski definition) is 0. The van der Waals surface area contributed by atoms with Crippen molar-refractivity contribution in [3.63, 3.8) is 0 Å². The third-order valence-corrected chi connectivity index (χ3v) is 1.76. The monoisotopic (exact) mass is 211 g/mol. The number of carbonyl (C=O) groups excluding carboxylic acids is 2. The van der Waals surface area contributed by atoms with Gasteiger partial charge in [-0.1, -0.05) is 13.2 Å². The molecule has 0 spiro atoms. The molecule has 0 saturated carbocycles. The van der Waals surface area contributed by atoms with Crippen LogP contribution in [0.25, 0.3) is 0 Å². The molecule has 0 rings (SSSR count). The van der Waals surface area contributed by atoms with Crippen molar-refractivity contribution in [2.24, 2.45) is 0 Å². The Hall–Kier alpha value is -1.58. The molecular formula is C11H17NO3. The summed E-state index contributed by atoms with van der Waals surface area (Å²) in [7, 11) is 0. The molecule has 0 aromatic heterocycles. The van der Waals surface area contributed by atoms with Crippen molar-refractivity contribution < 1.29 is 14.3 Å². The standard InChI is InChI=1S/C11H17NO3/c1-6-10(13)12(9(4)5)7-15-11(14)8(2)3/h6,9H,1-2,7H2,3-5H3. The molecule has 84 valence electrons. The second-order valence-electron chi connectivity index (χ2n) is 3.45. The first kappa shape index (κ1) is 13.4. The highest BCUT2D eigenvalue weighted by Crippen LogP contribution is 2.02. The van der Waals surface area contributed by atoms with Crippen molar-refractivity contribution in [3.05, 3.63) is 24.8 Å². The fourth-order valence-corrected chi connectivity index (χ4v) is 0.836. The van der Waals surface area contributed by atoms with Crippen molar-refractivity contribution in [3.8, 4) is 0 Å². The molecule has 0 N–H and O–H groups in total. The largest absolute Gasteiger partial charge is 0.441 e. The van der Waals surface area contributed by atoms with E-state index in [1.807, 2.05) is 13.8 Å². The number of carbonyl (C=O) groups is 2. The fourth-order valence-electron chi connectivity index (χ4n) is 0.836. The van der Waals surface area contributed by atoms with Crippen LogP contribution in [0, 0.1) is 0 Å². The summed E-state index contributed by atoms with van der Waals surface area (Å²) in [6.07, 6.45) is 1.19. The number of ether oxygens (including phenoxy) is 1. The van der Waals surface area contributed by atoms with Crippen molar-refractivity contribution in [1.82, 2.24) is 4.90 Å². The molecule has 0 atom stereocenters. The van der Waals surface area contributed by atoms with E-state index in [9.17, 15) is 9.59 Å². The Morgan fingerprint density at radius 3 is 2.33 bits per heavy atom. The van der Waals surface area contributed by atoms with Gasteiger partial charge in [0.2, 0.25) is 5.91 Å². The summed E-state index contributed by atoms with van der Waals surface area (Å²) >= 11 is 0. The quantitative estimate of drug-likeness (QED) is 0.393. The molecule has 0 bridgehead atoms. The summed E-state index contributed by atoms with van der Waals surface area (Å²) in [4.78, 5) is 23.8. The zero-order valence-corrected chi connectivity index (χ0v) is 9.45. The van der Waals surface area contributed by atoms with Gasteiger partial charge in [0.15, 0.2) is 6.73 Å². The lowest BCUT2D eigenvalue weighted by Crippen LogP contribution is -2.38. The first-order valence-electron chi connectivity index (χ1n) is 4.65. The predicted octanol–water partition coefficient (Wildman–Crippen LogP) is 1.49. The fraction of sp³-hybridized carbons (Fsp3) is 0.455. The molecule has 1 amide bonds. The van der Waals surface area contributed by atoms with Gasteiger partial charge >= 0.3 is 5.97 Å². The van der Waals surface area contributed by atoms with Crippen molar-refractivity contribution >= 4 is 11.9 Å². The van der Waals surface area contributed by atoms with Gasteiger partial charge in [0.05, 0.1) is 0 Å². The molecule has 15 heavy (non-hydrogen) atoms. The van der Waals surface area contributed by atoms with E-state index in [0.717, 1.165) is 0 Å². The van der Waals surface area contributed by atoms with E-state index in [-0.39, 0.29) is 18.7 Å². The molecule has 0 heterocycles. The van der Waals surface area contributed by atoms with Gasteiger partial charge in [-0.05, 0) is 26.8 Å². The lowest BCUT2D eigenvalue weighted by molar-refractivity contribution is -0.149. The molecule has 0 fully saturated rings. The summed E-state index contributed by atoms with van der Waals surface area (Å²) in [6, 6.07) is -0.0478. The minimum Gasteiger partial charge on any atom is -0.441 e. The van der Waals surface area contributed by atoms with Gasteiger partial charge in [-0.2, -0.15) is 0 Å². The van der Waals surface area contributed by atoms with Crippen LogP contribution in [0.5, 0.6) is 0 Å². The second kappa shape index (κ2) is 6.01. The van der Waals surface area contributed by atoms with Crippen LogP contribution in [0.1, 0.15) is 20.8 Å². The summed E-state index contributed by atoms with van der Waals surface area (Å²) in [5, 5.41) is 0. The van der Waals surface area contributed by atoms with Gasteiger partial charge in [-0.25, -0.2) is 4.79 Å². The highest BCUT2D eigenvalue weighted by atomic mass is 16.5. The molecule has 0 aliphatic carbocycles. The maximum absolute atomic E-state index is 11.3. The van der Waals surface area contributed by atoms with E-state index in [4.69, 9.17) is 4.74 Å². The number of amides is 1. The van der Waals surface area contributed by atoms with Crippen molar-refractivity contribution in [1.29, 1.82) is 0 Å². The molecule has 0 aromatic carbocycles. The Labute approximate surface area is 90.2 Å². The van der Waals surface area contributed by atoms with Gasteiger partial charge in [-0.3, -0.25) is 4.79 Å². The third-order valence-electron chi connectivity index (χ3n) is 1.76. The molecule has 0 aliphatic heterocycles. The number of esters is 1. The number of rotatable bonds is 5. The van der Waals surface area contributed by atoms with Crippen LogP contribution >= 0.6 is 0 Å². The van der Waals surface area contributed by atoms with Crippen molar-refractivity contribution in [2.45, 2.75) is 26.8 Å². The van der Waals surface area contributed by atoms with E-state index < -0.39 is 5.97 Å². The number of hydrogen-bond acceptors (Lipinski definition) is 3. The smallest absolute Gasteiger partial charge is 0.334 e. The highest BCUT2D eigenvalue weighted by Gasteiger charge is 2.15. The van der Waals surface area contributed by atoms with Crippen LogP contribution in [-0.2, 0) is 14.3 Å². The predicted molar refractivity (Wildman–Crippen MR) is 58.0 cm³/mol. The second-order valence-corrected chi connectivity index (χ2v) is 3.45. The SMILES string of the molecule is C=CC(=O)N(COC(=O)C(=C)C)C(C)C. The average Bonchev–Trinajstić information content (AvgIpc) is 2.16. The Morgan fingerprint density at radius 2 is 2.00 bits per heavy atom. The highest BCUT2D eigenvalue weighted by molar-refractivity contribution is 5.88. The topological polar surface area (TPSA) is 46.6 Å². The Bertz CT molecular complexity index is 282. The van der Waals surface area contributed by atoms with Crippen LogP contribution in [-0.4, -0.2) is 29.5 Å². The van der Waals surface area contributed by atoms with Gasteiger partial charge in [0, 0.05) is 11.6 Å². The van der Waals surface area contributed by atoms with Crippen LogP contribution < -0.4 is 0 Å². The van der Waals surface area contributed by atoms with Gasteiger partial charge < -0.3 is 9.64 Å². The van der Waals surface area contributed by atoms with Crippen molar-refractivity contribution in [2.75, 3.05) is 6.73 Å². The molecule has 0 aromatic rings. The number of nitrogens with zero attached hydrogens (tertiary/aromatic N) is 1. The van der Waals surface area contributed by atoms with Crippen LogP contribution in [0.15, 0.2) is 24.8 Å². The third kappa shape index (κ3) is 4.44. The maximum Gasteiger partial charge on any atom is 0.334 e. The van der Waals surface area contributed by atoms with E-state index >= 15 is 0 Å². The molecular weight excluding hydrogens is 194 g/mol. The first-order chi connectivity index (χ1) is 6.90. The molecule has 0 unspecified atom stereocenters. The van der Waals surface area contributed by atoms with Gasteiger partial charge in [0.1, 0.15) is 0 Å². The zero-order chi connectivity index (χ0) is 12.0. The van der Waals surface area contributed by atoms with E-state index in [2.05, 4.69) is 13.2 Å². The van der Waals surface area contributed by atoms with Gasteiger partial charge in [-0.15, -0.1) is 0 Å². The Kier molecular flexibility index (Phi) is 5.37. The summed E-state index contributed by atoms with van der Waals surface area (Å²) in [6.45, 7) is 12.0. The lowest BCUT2D eigenvalue weighted by Gasteiger charge is -2.24. The molecule has 4 nitrogen and oxygen atoms in total. The summed E-state index contributed by atoms with van der Waals surface area (Å²) in [5.41, 5.74) is 0.310. The minimum absolute atomic E-state index is 0.0478. The Balaban J connectivity index is 4.32. The lowest BCUT2D eigenvalue weighted by atomic mass is 10.3. The van der Waals surface area contributed by atoms with Crippen LogP contribution in [0.4, 0.5) is 0 Å². The molecule has 0 aliphatic rings. The van der Waals surface area contributed by atoms with E-state index in [1.165, 1.54) is 11.0 Å².